The van der Waals surface area contributed by atoms with E-state index in [-0.39, 0.29) is 6.42 Å². The molecule has 16 heavy (non-hydrogen) atoms. The topological polar surface area (TPSA) is 141 Å². The second-order valence-electron chi connectivity index (χ2n) is 3.25. The van der Waals surface area contributed by atoms with E-state index in [1.807, 2.05) is 0 Å². The smallest absolute Gasteiger partial charge is 0.344 e. The zero-order chi connectivity index (χ0) is 12.2. The minimum absolute atomic E-state index is 0.229. The van der Waals surface area contributed by atoms with Crippen molar-refractivity contribution < 1.29 is 19.1 Å². The van der Waals surface area contributed by atoms with Crippen molar-refractivity contribution >= 4 is 13.5 Å². The highest BCUT2D eigenvalue weighted by molar-refractivity contribution is 7.51. The second-order valence-corrected chi connectivity index (χ2v) is 4.90. The third kappa shape index (κ3) is 4.54. The number of carbonyl (C=O) groups is 1. The van der Waals surface area contributed by atoms with E-state index in [2.05, 4.69) is 15.3 Å². The van der Waals surface area contributed by atoms with Crippen LogP contribution in [-0.2, 0) is 15.8 Å². The maximum absolute atomic E-state index is 11.3. The van der Waals surface area contributed by atoms with Crippen LogP contribution in [0.4, 0.5) is 0 Å². The van der Waals surface area contributed by atoms with E-state index in [1.54, 1.807) is 0 Å². The molecule has 0 aromatic carbocycles. The van der Waals surface area contributed by atoms with Crippen molar-refractivity contribution in [1.82, 2.24) is 15.3 Å². The van der Waals surface area contributed by atoms with Crippen LogP contribution in [0.2, 0.25) is 0 Å². The van der Waals surface area contributed by atoms with Gasteiger partial charge in [-0.25, -0.2) is 4.98 Å². The maximum Gasteiger partial charge on any atom is 0.344 e. The summed E-state index contributed by atoms with van der Waals surface area (Å²) in [6, 6.07) is -0.869. The van der Waals surface area contributed by atoms with E-state index in [0.29, 0.717) is 5.69 Å². The summed E-state index contributed by atoms with van der Waals surface area (Å²) in [5.74, 6) is -0.613. The Morgan fingerprint density at radius 2 is 2.38 bits per heavy atom. The van der Waals surface area contributed by atoms with E-state index in [4.69, 9.17) is 15.5 Å². The Morgan fingerprint density at radius 3 is 2.88 bits per heavy atom. The SMILES string of the molecule is N[C@@H](Cc1cnc[nH]1)C(=O)NCP(=O)(O)O. The highest BCUT2D eigenvalue weighted by Crippen LogP contribution is 2.31. The molecule has 0 fully saturated rings. The fourth-order valence-corrected chi connectivity index (χ4v) is 1.40. The van der Waals surface area contributed by atoms with Gasteiger partial charge in [0.15, 0.2) is 0 Å². The molecule has 0 aliphatic heterocycles. The molecule has 1 atom stereocenters. The molecule has 0 unspecified atom stereocenters. The molecule has 1 aromatic rings. The van der Waals surface area contributed by atoms with Gasteiger partial charge in [0.2, 0.25) is 5.91 Å². The number of hydrogen-bond acceptors (Lipinski definition) is 4. The first-order valence-electron chi connectivity index (χ1n) is 4.43. The van der Waals surface area contributed by atoms with Gasteiger partial charge in [-0.2, -0.15) is 0 Å². The molecule has 0 spiro atoms. The highest BCUT2D eigenvalue weighted by atomic mass is 31.2. The molecule has 1 amide bonds. The lowest BCUT2D eigenvalue weighted by molar-refractivity contribution is -0.122. The van der Waals surface area contributed by atoms with Gasteiger partial charge in [0.1, 0.15) is 6.29 Å². The number of aromatic amines is 1. The molecule has 0 aliphatic rings. The van der Waals surface area contributed by atoms with Gasteiger partial charge in [0.05, 0.1) is 12.4 Å². The summed E-state index contributed by atoms with van der Waals surface area (Å²) in [5, 5.41) is 2.07. The van der Waals surface area contributed by atoms with Crippen LogP contribution in [0, 0.1) is 0 Å². The van der Waals surface area contributed by atoms with Crippen molar-refractivity contribution in [1.29, 1.82) is 0 Å². The van der Waals surface area contributed by atoms with Gasteiger partial charge in [-0.1, -0.05) is 0 Å². The summed E-state index contributed by atoms with van der Waals surface area (Å²) in [5.41, 5.74) is 6.20. The Labute approximate surface area is 91.4 Å². The van der Waals surface area contributed by atoms with E-state index in [9.17, 15) is 9.36 Å². The Balaban J connectivity index is 2.39. The summed E-state index contributed by atoms with van der Waals surface area (Å²) in [6.45, 7) is 0. The highest BCUT2D eigenvalue weighted by Gasteiger charge is 2.19. The first-order chi connectivity index (χ1) is 7.38. The number of nitrogens with two attached hydrogens (primary N) is 1. The molecule has 6 N–H and O–H groups in total. The van der Waals surface area contributed by atoms with Crippen molar-refractivity contribution in [3.63, 3.8) is 0 Å². The average Bonchev–Trinajstić information content (AvgIpc) is 2.65. The van der Waals surface area contributed by atoms with Crippen LogP contribution >= 0.6 is 7.60 Å². The van der Waals surface area contributed by atoms with Crippen LogP contribution in [-0.4, -0.2) is 38.0 Å². The molecule has 8 nitrogen and oxygen atoms in total. The Kier molecular flexibility index (Phi) is 4.19. The third-order valence-corrected chi connectivity index (χ3v) is 2.36. The lowest BCUT2D eigenvalue weighted by Crippen LogP contribution is -2.42. The molecular formula is C7H13N4O4P. The van der Waals surface area contributed by atoms with Gasteiger partial charge in [0.25, 0.3) is 0 Å². The summed E-state index contributed by atoms with van der Waals surface area (Å²) in [4.78, 5) is 34.9. The Morgan fingerprint density at radius 1 is 1.69 bits per heavy atom. The third-order valence-electron chi connectivity index (χ3n) is 1.79. The molecule has 1 aromatic heterocycles. The maximum atomic E-state index is 11.3. The number of nitrogens with zero attached hydrogens (tertiary/aromatic N) is 1. The number of carbonyl (C=O) groups excluding carboxylic acids is 1. The normalized spacial score (nSPS) is 13.4. The Hall–Kier alpha value is -1.21. The van der Waals surface area contributed by atoms with Crippen molar-refractivity contribution in [3.05, 3.63) is 18.2 Å². The largest absolute Gasteiger partial charge is 0.348 e. The van der Waals surface area contributed by atoms with Crippen LogP contribution in [0.5, 0.6) is 0 Å². The number of amides is 1. The Bertz CT molecular complexity index is 387. The zero-order valence-electron chi connectivity index (χ0n) is 8.33. The molecule has 9 heteroatoms. The number of H-pyrrole nitrogens is 1. The predicted molar refractivity (Wildman–Crippen MR) is 55.3 cm³/mol. The van der Waals surface area contributed by atoms with Crippen LogP contribution in [0.25, 0.3) is 0 Å². The fourth-order valence-electron chi connectivity index (χ4n) is 1.04. The summed E-state index contributed by atoms with van der Waals surface area (Å²) in [7, 11) is -4.24. The minimum atomic E-state index is -4.24. The lowest BCUT2D eigenvalue weighted by atomic mass is 10.2. The van der Waals surface area contributed by atoms with Crippen molar-refractivity contribution in [3.8, 4) is 0 Å². The van der Waals surface area contributed by atoms with Gasteiger partial charge in [-0.15, -0.1) is 0 Å². The van der Waals surface area contributed by atoms with Gasteiger partial charge in [0, 0.05) is 18.3 Å². The van der Waals surface area contributed by atoms with Gasteiger partial charge < -0.3 is 25.8 Å². The fraction of sp³-hybridized carbons (Fsp3) is 0.429. The standard InChI is InChI=1S/C7H13N4O4P/c8-6(1-5-2-9-3-10-5)7(12)11-4-16(13,14)15/h2-3,6H,1,4,8H2,(H,9,10)(H,11,12)(H2,13,14,15)/t6-/m0/s1. The number of nitrogens with one attached hydrogen (secondary N) is 2. The molecule has 0 saturated carbocycles. The molecule has 0 aliphatic carbocycles. The van der Waals surface area contributed by atoms with E-state index in [1.165, 1.54) is 12.5 Å². The summed E-state index contributed by atoms with van der Waals surface area (Å²) >= 11 is 0. The van der Waals surface area contributed by atoms with Crippen molar-refractivity contribution in [2.24, 2.45) is 5.73 Å². The molecule has 0 saturated heterocycles. The number of hydrogen-bond donors (Lipinski definition) is 5. The van der Waals surface area contributed by atoms with Crippen LogP contribution in [0.3, 0.4) is 0 Å². The quantitative estimate of drug-likeness (QED) is 0.403. The average molecular weight is 248 g/mol. The van der Waals surface area contributed by atoms with Gasteiger partial charge >= 0.3 is 7.60 Å². The molecule has 90 valence electrons. The summed E-state index contributed by atoms with van der Waals surface area (Å²) in [6.07, 6.45) is 2.50. The molecule has 0 bridgehead atoms. The van der Waals surface area contributed by atoms with Gasteiger partial charge in [-0.3, -0.25) is 9.36 Å². The van der Waals surface area contributed by atoms with E-state index in [0.717, 1.165) is 0 Å². The van der Waals surface area contributed by atoms with Crippen LogP contribution in [0.1, 0.15) is 5.69 Å². The number of imidazole rings is 1. The summed E-state index contributed by atoms with van der Waals surface area (Å²) < 4.78 is 10.5. The van der Waals surface area contributed by atoms with Gasteiger partial charge in [-0.05, 0) is 0 Å². The van der Waals surface area contributed by atoms with Crippen molar-refractivity contribution in [2.45, 2.75) is 12.5 Å². The molecule has 0 radical (unpaired) electrons. The lowest BCUT2D eigenvalue weighted by Gasteiger charge is -2.11. The first-order valence-corrected chi connectivity index (χ1v) is 6.23. The molecule has 1 rings (SSSR count). The molecule has 1 heterocycles. The number of aromatic nitrogens is 2. The second kappa shape index (κ2) is 5.22. The predicted octanol–water partition coefficient (Wildman–Crippen LogP) is -1.47. The number of rotatable bonds is 5. The zero-order valence-corrected chi connectivity index (χ0v) is 9.22. The van der Waals surface area contributed by atoms with Crippen molar-refractivity contribution in [2.75, 3.05) is 6.29 Å². The monoisotopic (exact) mass is 248 g/mol. The van der Waals surface area contributed by atoms with Crippen LogP contribution in [0.15, 0.2) is 12.5 Å². The minimum Gasteiger partial charge on any atom is -0.348 e. The van der Waals surface area contributed by atoms with E-state index >= 15 is 0 Å². The molecular weight excluding hydrogens is 235 g/mol. The van der Waals surface area contributed by atoms with Crippen LogP contribution < -0.4 is 11.1 Å². The van der Waals surface area contributed by atoms with E-state index < -0.39 is 25.8 Å². The first kappa shape index (κ1) is 12.9.